The average Bonchev–Trinajstić information content (AvgIpc) is 2.26. The molecular weight excluding hydrogens is 156 g/mol. The van der Waals surface area contributed by atoms with Gasteiger partial charge < -0.3 is 10.6 Å². The first-order valence-corrected chi connectivity index (χ1v) is 3.79. The highest BCUT2D eigenvalue weighted by Crippen LogP contribution is 1.94. The Hall–Kier alpha value is -1.23. The molecule has 12 heavy (non-hydrogen) atoms. The Labute approximate surface area is 70.8 Å². The van der Waals surface area contributed by atoms with Gasteiger partial charge in [0.2, 0.25) is 0 Å². The van der Waals surface area contributed by atoms with Crippen molar-refractivity contribution in [3.8, 4) is 0 Å². The van der Waals surface area contributed by atoms with E-state index in [1.54, 1.807) is 4.68 Å². The minimum Gasteiger partial charge on any atom is -0.384 e. The number of likely N-dealkylation sites (N-methyl/N-ethyl adjacent to an activating group) is 1. The van der Waals surface area contributed by atoms with Crippen molar-refractivity contribution in [1.82, 2.24) is 14.7 Å². The van der Waals surface area contributed by atoms with Crippen molar-refractivity contribution >= 4 is 5.82 Å². The number of nitrogens with zero attached hydrogens (tertiary/aromatic N) is 2. The van der Waals surface area contributed by atoms with E-state index in [0.717, 1.165) is 6.54 Å². The second-order valence-electron chi connectivity index (χ2n) is 3.00. The fourth-order valence-electron chi connectivity index (χ4n) is 0.927. The van der Waals surface area contributed by atoms with Crippen LogP contribution in [0, 0.1) is 0 Å². The van der Waals surface area contributed by atoms with Crippen LogP contribution in [-0.2, 0) is 6.54 Å². The third-order valence-electron chi connectivity index (χ3n) is 1.61. The zero-order valence-electron chi connectivity index (χ0n) is 7.37. The summed E-state index contributed by atoms with van der Waals surface area (Å²) in [6.45, 7) is 1.57. The number of H-pyrrole nitrogens is 1. The summed E-state index contributed by atoms with van der Waals surface area (Å²) < 4.78 is 1.64. The Morgan fingerprint density at radius 1 is 1.67 bits per heavy atom. The van der Waals surface area contributed by atoms with Gasteiger partial charge in [-0.15, -0.1) is 0 Å². The van der Waals surface area contributed by atoms with Crippen molar-refractivity contribution < 1.29 is 0 Å². The molecule has 68 valence electrons. The van der Waals surface area contributed by atoms with Crippen LogP contribution >= 0.6 is 0 Å². The van der Waals surface area contributed by atoms with Crippen molar-refractivity contribution in [2.75, 3.05) is 26.4 Å². The molecule has 0 amide bonds. The van der Waals surface area contributed by atoms with Gasteiger partial charge >= 0.3 is 0 Å². The van der Waals surface area contributed by atoms with Gasteiger partial charge in [0, 0.05) is 12.6 Å². The van der Waals surface area contributed by atoms with Crippen LogP contribution in [0.1, 0.15) is 0 Å². The molecule has 0 radical (unpaired) electrons. The van der Waals surface area contributed by atoms with E-state index >= 15 is 0 Å². The second-order valence-corrected chi connectivity index (χ2v) is 3.00. The lowest BCUT2D eigenvalue weighted by Gasteiger charge is -2.10. The number of nitrogens with two attached hydrogens (primary N) is 1. The first-order valence-electron chi connectivity index (χ1n) is 3.79. The standard InChI is InChI=1S/C7H14N4O/c1-10(2)3-4-11-6(8)5-7(12)9-11/h5H,3-4,8H2,1-2H3,(H,9,12). The number of nitrogen functional groups attached to an aromatic ring is 1. The van der Waals surface area contributed by atoms with Gasteiger partial charge in [0.15, 0.2) is 0 Å². The summed E-state index contributed by atoms with van der Waals surface area (Å²) in [6.07, 6.45) is 0. The first kappa shape index (κ1) is 8.86. The largest absolute Gasteiger partial charge is 0.384 e. The summed E-state index contributed by atoms with van der Waals surface area (Å²) in [4.78, 5) is 12.8. The van der Waals surface area contributed by atoms with Gasteiger partial charge in [-0.2, -0.15) is 0 Å². The Balaban J connectivity index is 2.63. The van der Waals surface area contributed by atoms with Crippen LogP contribution in [0.4, 0.5) is 5.82 Å². The van der Waals surface area contributed by atoms with Gasteiger partial charge in [0.1, 0.15) is 5.82 Å². The molecule has 3 N–H and O–H groups in total. The molecule has 0 fully saturated rings. The van der Waals surface area contributed by atoms with Crippen molar-refractivity contribution in [2.45, 2.75) is 6.54 Å². The van der Waals surface area contributed by atoms with Gasteiger partial charge in [-0.05, 0) is 14.1 Å². The molecule has 0 aliphatic heterocycles. The van der Waals surface area contributed by atoms with Crippen LogP contribution in [-0.4, -0.2) is 35.3 Å². The number of nitrogens with one attached hydrogen (secondary N) is 1. The van der Waals surface area contributed by atoms with Gasteiger partial charge in [0.05, 0.1) is 6.54 Å². The normalized spacial score (nSPS) is 10.9. The lowest BCUT2D eigenvalue weighted by atomic mass is 10.5. The number of hydrogen-bond donors (Lipinski definition) is 2. The molecule has 5 heteroatoms. The smallest absolute Gasteiger partial charge is 0.266 e. The molecule has 0 aliphatic carbocycles. The Morgan fingerprint density at radius 2 is 2.33 bits per heavy atom. The summed E-state index contributed by atoms with van der Waals surface area (Å²) in [5.41, 5.74) is 5.39. The van der Waals surface area contributed by atoms with Crippen molar-refractivity contribution in [2.24, 2.45) is 0 Å². The highest BCUT2D eigenvalue weighted by molar-refractivity contribution is 5.25. The monoisotopic (exact) mass is 170 g/mol. The maximum absolute atomic E-state index is 10.8. The molecule has 0 saturated heterocycles. The minimum absolute atomic E-state index is 0.147. The summed E-state index contributed by atoms with van der Waals surface area (Å²) in [6, 6.07) is 1.38. The molecule has 0 spiro atoms. The lowest BCUT2D eigenvalue weighted by molar-refractivity contribution is 0.374. The third kappa shape index (κ3) is 2.13. The average molecular weight is 170 g/mol. The summed E-state index contributed by atoms with van der Waals surface area (Å²) in [5, 5.41) is 2.61. The molecule has 1 aromatic heterocycles. The molecule has 1 heterocycles. The zero-order valence-corrected chi connectivity index (χ0v) is 7.37. The molecule has 0 atom stereocenters. The van der Waals surface area contributed by atoms with E-state index < -0.39 is 0 Å². The Morgan fingerprint density at radius 3 is 2.75 bits per heavy atom. The molecule has 0 unspecified atom stereocenters. The molecular formula is C7H14N4O. The second kappa shape index (κ2) is 3.44. The lowest BCUT2D eigenvalue weighted by Crippen LogP contribution is -2.20. The van der Waals surface area contributed by atoms with Crippen LogP contribution in [0.5, 0.6) is 0 Å². The molecule has 0 saturated carbocycles. The summed E-state index contributed by atoms with van der Waals surface area (Å²) in [5.74, 6) is 0.488. The predicted molar refractivity (Wildman–Crippen MR) is 48.0 cm³/mol. The molecule has 0 bridgehead atoms. The topological polar surface area (TPSA) is 67.0 Å². The Kier molecular flexibility index (Phi) is 2.54. The van der Waals surface area contributed by atoms with E-state index in [-0.39, 0.29) is 5.56 Å². The molecule has 5 nitrogen and oxygen atoms in total. The van der Waals surface area contributed by atoms with E-state index in [9.17, 15) is 4.79 Å². The van der Waals surface area contributed by atoms with Crippen molar-refractivity contribution in [3.05, 3.63) is 16.4 Å². The van der Waals surface area contributed by atoms with Gasteiger partial charge in [-0.1, -0.05) is 0 Å². The van der Waals surface area contributed by atoms with Gasteiger partial charge in [-0.25, -0.2) is 0 Å². The fraction of sp³-hybridized carbons (Fsp3) is 0.571. The molecule has 0 aromatic carbocycles. The summed E-state index contributed by atoms with van der Waals surface area (Å²) >= 11 is 0. The van der Waals surface area contributed by atoms with E-state index in [1.165, 1.54) is 6.07 Å². The predicted octanol–water partition coefficient (Wildman–Crippen LogP) is -0.680. The van der Waals surface area contributed by atoms with Gasteiger partial charge in [0.25, 0.3) is 5.56 Å². The van der Waals surface area contributed by atoms with Crippen LogP contribution in [0.3, 0.4) is 0 Å². The SMILES string of the molecule is CN(C)CCn1[nH]c(=O)cc1N. The van der Waals surface area contributed by atoms with E-state index in [2.05, 4.69) is 5.10 Å². The van der Waals surface area contributed by atoms with Crippen LogP contribution < -0.4 is 11.3 Å². The molecule has 1 rings (SSSR count). The third-order valence-corrected chi connectivity index (χ3v) is 1.61. The quantitative estimate of drug-likeness (QED) is 0.631. The first-order chi connectivity index (χ1) is 5.59. The number of anilines is 1. The maximum atomic E-state index is 10.8. The number of hydrogen-bond acceptors (Lipinski definition) is 3. The maximum Gasteiger partial charge on any atom is 0.266 e. The van der Waals surface area contributed by atoms with Gasteiger partial charge in [-0.3, -0.25) is 14.6 Å². The number of aromatic amines is 1. The zero-order chi connectivity index (χ0) is 9.14. The summed E-state index contributed by atoms with van der Waals surface area (Å²) in [7, 11) is 3.94. The van der Waals surface area contributed by atoms with E-state index in [1.807, 2.05) is 19.0 Å². The molecule has 1 aromatic rings. The van der Waals surface area contributed by atoms with Crippen LogP contribution in [0.15, 0.2) is 10.9 Å². The number of aromatic nitrogens is 2. The Bertz CT molecular complexity index is 299. The minimum atomic E-state index is -0.147. The fourth-order valence-corrected chi connectivity index (χ4v) is 0.927. The number of rotatable bonds is 3. The van der Waals surface area contributed by atoms with Crippen LogP contribution in [0.2, 0.25) is 0 Å². The van der Waals surface area contributed by atoms with E-state index in [4.69, 9.17) is 5.73 Å². The van der Waals surface area contributed by atoms with Crippen molar-refractivity contribution in [1.29, 1.82) is 0 Å². The molecule has 0 aliphatic rings. The highest BCUT2D eigenvalue weighted by Gasteiger charge is 1.99. The van der Waals surface area contributed by atoms with Crippen LogP contribution in [0.25, 0.3) is 0 Å². The van der Waals surface area contributed by atoms with Crippen molar-refractivity contribution in [3.63, 3.8) is 0 Å². The van der Waals surface area contributed by atoms with E-state index in [0.29, 0.717) is 12.4 Å². The highest BCUT2D eigenvalue weighted by atomic mass is 16.1.